The highest BCUT2D eigenvalue weighted by molar-refractivity contribution is 5.95. The van der Waals surface area contributed by atoms with Gasteiger partial charge in [-0.25, -0.2) is 4.39 Å². The number of carbonyl (C=O) groups is 1. The number of halogens is 1. The average molecular weight is 224 g/mol. The Kier molecular flexibility index (Phi) is 3.88. The second-order valence-corrected chi connectivity index (χ2v) is 3.96. The number of nitrogen functional groups attached to an aromatic ring is 1. The molecule has 0 fully saturated rings. The summed E-state index contributed by atoms with van der Waals surface area (Å²) in [5, 5.41) is 2.76. The van der Waals surface area contributed by atoms with E-state index >= 15 is 0 Å². The van der Waals surface area contributed by atoms with Gasteiger partial charge in [0.1, 0.15) is 5.82 Å². The van der Waals surface area contributed by atoms with Crippen LogP contribution >= 0.6 is 0 Å². The summed E-state index contributed by atoms with van der Waals surface area (Å²) in [6, 6.07) is 2.78. The highest BCUT2D eigenvalue weighted by Gasteiger charge is 2.12. The van der Waals surface area contributed by atoms with Crippen LogP contribution in [0, 0.1) is 12.7 Å². The monoisotopic (exact) mass is 224 g/mol. The van der Waals surface area contributed by atoms with Gasteiger partial charge in [-0.05, 0) is 32.4 Å². The maximum atomic E-state index is 13.4. The van der Waals surface area contributed by atoms with Gasteiger partial charge in [-0.15, -0.1) is 0 Å². The number of nitrogens with two attached hydrogens (primary N) is 1. The third-order valence-electron chi connectivity index (χ3n) is 2.64. The van der Waals surface area contributed by atoms with E-state index in [1.807, 2.05) is 13.8 Å². The average Bonchev–Trinajstić information content (AvgIpc) is 2.24. The summed E-state index contributed by atoms with van der Waals surface area (Å²) in [6.45, 7) is 5.45. The van der Waals surface area contributed by atoms with Gasteiger partial charge in [0.15, 0.2) is 0 Å². The van der Waals surface area contributed by atoms with Crippen LogP contribution in [0.25, 0.3) is 0 Å². The van der Waals surface area contributed by atoms with Gasteiger partial charge in [-0.2, -0.15) is 0 Å². The molecule has 0 heterocycles. The van der Waals surface area contributed by atoms with Gasteiger partial charge >= 0.3 is 0 Å². The van der Waals surface area contributed by atoms with Crippen molar-refractivity contribution in [3.8, 4) is 0 Å². The lowest BCUT2D eigenvalue weighted by Crippen LogP contribution is -2.32. The molecule has 3 N–H and O–H groups in total. The number of amides is 1. The fraction of sp³-hybridized carbons (Fsp3) is 0.417. The zero-order valence-corrected chi connectivity index (χ0v) is 9.80. The first kappa shape index (κ1) is 12.5. The van der Waals surface area contributed by atoms with Crippen molar-refractivity contribution in [1.82, 2.24) is 5.32 Å². The molecule has 1 amide bonds. The molecule has 88 valence electrons. The number of rotatable bonds is 3. The van der Waals surface area contributed by atoms with E-state index in [2.05, 4.69) is 5.32 Å². The topological polar surface area (TPSA) is 55.1 Å². The number of nitrogens with one attached hydrogen (secondary N) is 1. The molecule has 1 aromatic carbocycles. The summed E-state index contributed by atoms with van der Waals surface area (Å²) in [5.74, 6) is -0.741. The van der Waals surface area contributed by atoms with Crippen molar-refractivity contribution in [1.29, 1.82) is 0 Å². The Labute approximate surface area is 94.8 Å². The molecule has 1 aromatic rings. The van der Waals surface area contributed by atoms with Crippen molar-refractivity contribution in [2.24, 2.45) is 0 Å². The Hall–Kier alpha value is -1.58. The predicted octanol–water partition coefficient (Wildman–Crippen LogP) is 2.24. The normalized spacial score (nSPS) is 12.2. The van der Waals surface area contributed by atoms with Crippen LogP contribution in [0.15, 0.2) is 12.1 Å². The first-order chi connectivity index (χ1) is 7.45. The van der Waals surface area contributed by atoms with Crippen LogP contribution in [0.2, 0.25) is 0 Å². The largest absolute Gasteiger partial charge is 0.398 e. The van der Waals surface area contributed by atoms with E-state index in [-0.39, 0.29) is 17.5 Å². The predicted molar refractivity (Wildman–Crippen MR) is 62.8 cm³/mol. The molecule has 0 radical (unpaired) electrons. The van der Waals surface area contributed by atoms with E-state index < -0.39 is 5.82 Å². The first-order valence-corrected chi connectivity index (χ1v) is 5.32. The Bertz CT molecular complexity index is 381. The van der Waals surface area contributed by atoms with Gasteiger partial charge in [0.2, 0.25) is 0 Å². The van der Waals surface area contributed by atoms with E-state index in [1.165, 1.54) is 12.1 Å². The van der Waals surface area contributed by atoms with E-state index in [0.29, 0.717) is 11.3 Å². The number of carbonyl (C=O) groups excluding carboxylic acids is 1. The first-order valence-electron chi connectivity index (χ1n) is 5.32. The van der Waals surface area contributed by atoms with Crippen molar-refractivity contribution in [2.45, 2.75) is 33.2 Å². The molecular weight excluding hydrogens is 207 g/mol. The Morgan fingerprint density at radius 3 is 2.69 bits per heavy atom. The SMILES string of the molecule is CCC(C)NC(=O)c1cc(N)c(C)c(F)c1. The molecule has 0 aliphatic heterocycles. The van der Waals surface area contributed by atoms with E-state index in [4.69, 9.17) is 5.73 Å². The van der Waals surface area contributed by atoms with Gasteiger partial charge in [0.05, 0.1) is 0 Å². The van der Waals surface area contributed by atoms with E-state index in [0.717, 1.165) is 6.42 Å². The minimum atomic E-state index is -0.450. The molecule has 4 heteroatoms. The Morgan fingerprint density at radius 2 is 2.19 bits per heavy atom. The van der Waals surface area contributed by atoms with Gasteiger partial charge in [-0.3, -0.25) is 4.79 Å². The lowest BCUT2D eigenvalue weighted by atomic mass is 10.1. The summed E-state index contributed by atoms with van der Waals surface area (Å²) in [4.78, 5) is 11.7. The molecule has 1 atom stereocenters. The number of anilines is 1. The minimum Gasteiger partial charge on any atom is -0.398 e. The van der Waals surface area contributed by atoms with E-state index in [9.17, 15) is 9.18 Å². The van der Waals surface area contributed by atoms with Gasteiger partial charge in [0, 0.05) is 22.9 Å². The lowest BCUT2D eigenvalue weighted by molar-refractivity contribution is 0.0939. The molecule has 16 heavy (non-hydrogen) atoms. The maximum absolute atomic E-state index is 13.4. The van der Waals surface area contributed by atoms with Gasteiger partial charge in [-0.1, -0.05) is 6.92 Å². The molecule has 0 spiro atoms. The Morgan fingerprint density at radius 1 is 1.56 bits per heavy atom. The zero-order chi connectivity index (χ0) is 12.3. The number of benzene rings is 1. The fourth-order valence-electron chi connectivity index (χ4n) is 1.24. The second kappa shape index (κ2) is 4.96. The zero-order valence-electron chi connectivity index (χ0n) is 9.80. The van der Waals surface area contributed by atoms with E-state index in [1.54, 1.807) is 6.92 Å². The third-order valence-corrected chi connectivity index (χ3v) is 2.64. The van der Waals surface area contributed by atoms with Crippen LogP contribution in [-0.2, 0) is 0 Å². The summed E-state index contributed by atoms with van der Waals surface area (Å²) in [7, 11) is 0. The van der Waals surface area contributed by atoms with Gasteiger partial charge < -0.3 is 11.1 Å². The van der Waals surface area contributed by atoms with Gasteiger partial charge in [0.25, 0.3) is 5.91 Å². The quantitative estimate of drug-likeness (QED) is 0.774. The summed E-state index contributed by atoms with van der Waals surface area (Å²) in [5.41, 5.74) is 6.54. The summed E-state index contributed by atoms with van der Waals surface area (Å²) >= 11 is 0. The summed E-state index contributed by atoms with van der Waals surface area (Å²) in [6.07, 6.45) is 0.829. The molecule has 0 aromatic heterocycles. The van der Waals surface area contributed by atoms with Crippen LogP contribution in [0.4, 0.5) is 10.1 Å². The highest BCUT2D eigenvalue weighted by Crippen LogP contribution is 2.17. The molecule has 1 unspecified atom stereocenters. The second-order valence-electron chi connectivity index (χ2n) is 3.96. The summed E-state index contributed by atoms with van der Waals surface area (Å²) < 4.78 is 13.4. The molecule has 0 aliphatic rings. The van der Waals surface area contributed by atoms with Crippen molar-refractivity contribution in [3.05, 3.63) is 29.1 Å². The van der Waals surface area contributed by atoms with Crippen LogP contribution in [0.3, 0.4) is 0 Å². The fourth-order valence-corrected chi connectivity index (χ4v) is 1.24. The molecule has 0 aliphatic carbocycles. The molecule has 0 bridgehead atoms. The maximum Gasteiger partial charge on any atom is 0.251 e. The van der Waals surface area contributed by atoms with Crippen molar-refractivity contribution < 1.29 is 9.18 Å². The van der Waals surface area contributed by atoms with Crippen molar-refractivity contribution >= 4 is 11.6 Å². The minimum absolute atomic E-state index is 0.0677. The molecule has 1 rings (SSSR count). The van der Waals surface area contributed by atoms with Crippen LogP contribution in [0.5, 0.6) is 0 Å². The smallest absolute Gasteiger partial charge is 0.251 e. The number of hydrogen-bond donors (Lipinski definition) is 2. The highest BCUT2D eigenvalue weighted by atomic mass is 19.1. The third kappa shape index (κ3) is 2.72. The van der Waals surface area contributed by atoms with Crippen LogP contribution in [0.1, 0.15) is 36.2 Å². The Balaban J connectivity index is 2.93. The number of hydrogen-bond acceptors (Lipinski definition) is 2. The van der Waals surface area contributed by atoms with Crippen molar-refractivity contribution in [3.63, 3.8) is 0 Å². The van der Waals surface area contributed by atoms with Crippen LogP contribution < -0.4 is 11.1 Å². The van der Waals surface area contributed by atoms with Crippen molar-refractivity contribution in [2.75, 3.05) is 5.73 Å². The molecule has 0 saturated carbocycles. The molecular formula is C12H17FN2O. The van der Waals surface area contributed by atoms with Crippen LogP contribution in [-0.4, -0.2) is 11.9 Å². The molecule has 3 nitrogen and oxygen atoms in total. The standard InChI is InChI=1S/C12H17FN2O/c1-4-7(2)15-12(16)9-5-10(13)8(3)11(14)6-9/h5-7H,4,14H2,1-3H3,(H,15,16). The lowest BCUT2D eigenvalue weighted by Gasteiger charge is -2.12. The molecule has 0 saturated heterocycles.